The zero-order valence-corrected chi connectivity index (χ0v) is 15.6. The maximum Gasteiger partial charge on any atom is 0.323 e. The summed E-state index contributed by atoms with van der Waals surface area (Å²) in [6.45, 7) is 1.91. The Hall–Kier alpha value is -1.89. The fraction of sp³-hybridized carbons (Fsp3) is 0.500. The summed E-state index contributed by atoms with van der Waals surface area (Å²) in [6.07, 6.45) is 0.141. The molecule has 9 heteroatoms. The Morgan fingerprint density at radius 2 is 1.84 bits per heavy atom. The molecule has 0 spiro atoms. The van der Waals surface area contributed by atoms with Gasteiger partial charge in [0, 0.05) is 12.1 Å². The van der Waals surface area contributed by atoms with Crippen molar-refractivity contribution < 1.29 is 28.2 Å². The first-order chi connectivity index (χ1) is 11.8. The highest BCUT2D eigenvalue weighted by Gasteiger charge is 2.31. The molecule has 0 aliphatic carbocycles. The SMILES string of the molecule is CCOP(=O)(Cc1ccc(N)cc1)N[C@@H](CCC(=O)OC)C(=O)OC. The number of carbonyl (C=O) groups excluding carboxylic acids is 2. The van der Waals surface area contributed by atoms with Crippen LogP contribution in [0, 0.1) is 0 Å². The van der Waals surface area contributed by atoms with E-state index in [0.29, 0.717) is 5.69 Å². The van der Waals surface area contributed by atoms with Gasteiger partial charge in [-0.05, 0) is 31.0 Å². The van der Waals surface area contributed by atoms with Gasteiger partial charge in [0.15, 0.2) is 0 Å². The van der Waals surface area contributed by atoms with Gasteiger partial charge < -0.3 is 19.7 Å². The molecule has 25 heavy (non-hydrogen) atoms. The molecule has 140 valence electrons. The summed E-state index contributed by atoms with van der Waals surface area (Å²) in [4.78, 5) is 23.3. The summed E-state index contributed by atoms with van der Waals surface area (Å²) in [7, 11) is -0.910. The van der Waals surface area contributed by atoms with Gasteiger partial charge in [-0.3, -0.25) is 14.2 Å². The van der Waals surface area contributed by atoms with E-state index in [2.05, 4.69) is 9.82 Å². The van der Waals surface area contributed by atoms with Crippen LogP contribution >= 0.6 is 7.52 Å². The normalized spacial score (nSPS) is 14.4. The van der Waals surface area contributed by atoms with Crippen molar-refractivity contribution in [3.63, 3.8) is 0 Å². The van der Waals surface area contributed by atoms with E-state index >= 15 is 0 Å². The van der Waals surface area contributed by atoms with Crippen LogP contribution in [0.4, 0.5) is 5.69 Å². The average molecular weight is 372 g/mol. The molecule has 8 nitrogen and oxygen atoms in total. The Balaban J connectivity index is 2.91. The predicted octanol–water partition coefficient (Wildman–Crippen LogP) is 2.08. The van der Waals surface area contributed by atoms with Crippen LogP contribution in [0.15, 0.2) is 24.3 Å². The smallest absolute Gasteiger partial charge is 0.323 e. The Bertz CT molecular complexity index is 620. The lowest BCUT2D eigenvalue weighted by atomic mass is 10.2. The number of anilines is 1. The largest absolute Gasteiger partial charge is 0.469 e. The predicted molar refractivity (Wildman–Crippen MR) is 94.0 cm³/mol. The maximum atomic E-state index is 13.1. The molecule has 0 radical (unpaired) electrons. The molecule has 0 aliphatic rings. The van der Waals surface area contributed by atoms with Gasteiger partial charge in [0.25, 0.3) is 7.52 Å². The van der Waals surface area contributed by atoms with E-state index in [9.17, 15) is 14.2 Å². The fourth-order valence-electron chi connectivity index (χ4n) is 2.18. The molecule has 1 aromatic rings. The number of ether oxygens (including phenoxy) is 2. The van der Waals surface area contributed by atoms with E-state index in [-0.39, 0.29) is 25.6 Å². The molecular formula is C16H25N2O6P. The van der Waals surface area contributed by atoms with Crippen LogP contribution in [0.2, 0.25) is 0 Å². The van der Waals surface area contributed by atoms with Crippen LogP contribution in [-0.2, 0) is 34.3 Å². The van der Waals surface area contributed by atoms with Crippen LogP contribution in [0.5, 0.6) is 0 Å². The lowest BCUT2D eigenvalue weighted by Crippen LogP contribution is -2.37. The molecule has 0 aromatic heterocycles. The van der Waals surface area contributed by atoms with Crippen molar-refractivity contribution in [2.24, 2.45) is 0 Å². The molecule has 0 saturated heterocycles. The molecular weight excluding hydrogens is 347 g/mol. The van der Waals surface area contributed by atoms with Crippen LogP contribution in [0.3, 0.4) is 0 Å². The number of benzene rings is 1. The second-order valence-electron chi connectivity index (χ2n) is 5.31. The quantitative estimate of drug-likeness (QED) is 0.364. The number of methoxy groups -OCH3 is 2. The third kappa shape index (κ3) is 7.25. The van der Waals surface area contributed by atoms with Crippen molar-refractivity contribution in [1.82, 2.24) is 5.09 Å². The van der Waals surface area contributed by atoms with Gasteiger partial charge in [-0.25, -0.2) is 5.09 Å². The molecule has 1 aromatic carbocycles. The number of nitrogens with two attached hydrogens (primary N) is 1. The summed E-state index contributed by atoms with van der Waals surface area (Å²) >= 11 is 0. The summed E-state index contributed by atoms with van der Waals surface area (Å²) in [5.74, 6) is -1.10. The molecule has 0 aliphatic heterocycles. The Labute approximate surface area is 147 Å². The van der Waals surface area contributed by atoms with Gasteiger partial charge in [0.1, 0.15) is 6.04 Å². The minimum Gasteiger partial charge on any atom is -0.469 e. The summed E-state index contributed by atoms with van der Waals surface area (Å²) in [5, 5.41) is 2.74. The van der Waals surface area contributed by atoms with E-state index in [4.69, 9.17) is 15.0 Å². The van der Waals surface area contributed by atoms with E-state index < -0.39 is 25.5 Å². The Morgan fingerprint density at radius 1 is 1.20 bits per heavy atom. The topological polar surface area (TPSA) is 117 Å². The minimum atomic E-state index is -3.39. The van der Waals surface area contributed by atoms with Crippen molar-refractivity contribution in [1.29, 1.82) is 0 Å². The highest BCUT2D eigenvalue weighted by molar-refractivity contribution is 7.56. The number of rotatable bonds is 10. The highest BCUT2D eigenvalue weighted by Crippen LogP contribution is 2.47. The molecule has 0 saturated carbocycles. The Kier molecular flexibility index (Phi) is 8.61. The van der Waals surface area contributed by atoms with Crippen LogP contribution in [0.1, 0.15) is 25.3 Å². The van der Waals surface area contributed by atoms with Crippen molar-refractivity contribution in [3.05, 3.63) is 29.8 Å². The molecule has 0 bridgehead atoms. The molecule has 2 atom stereocenters. The van der Waals surface area contributed by atoms with Gasteiger partial charge in [0.05, 0.1) is 27.0 Å². The molecule has 0 amide bonds. The first kappa shape index (κ1) is 21.2. The van der Waals surface area contributed by atoms with Crippen molar-refractivity contribution >= 4 is 25.1 Å². The third-order valence-corrected chi connectivity index (χ3v) is 5.57. The minimum absolute atomic E-state index is 0.0166. The van der Waals surface area contributed by atoms with Gasteiger partial charge in [-0.2, -0.15) is 0 Å². The molecule has 1 unspecified atom stereocenters. The number of nitrogens with one attached hydrogen (secondary N) is 1. The number of hydrogen-bond donors (Lipinski definition) is 2. The van der Waals surface area contributed by atoms with Crippen molar-refractivity contribution in [2.45, 2.75) is 32.0 Å². The van der Waals surface area contributed by atoms with E-state index in [0.717, 1.165) is 5.56 Å². The highest BCUT2D eigenvalue weighted by atomic mass is 31.2. The second-order valence-corrected chi connectivity index (χ2v) is 7.49. The zero-order valence-electron chi connectivity index (χ0n) is 14.7. The summed E-state index contributed by atoms with van der Waals surface area (Å²) in [6, 6.07) is 5.92. The van der Waals surface area contributed by atoms with Gasteiger partial charge >= 0.3 is 11.9 Å². The van der Waals surface area contributed by atoms with Crippen molar-refractivity contribution in [2.75, 3.05) is 26.6 Å². The van der Waals surface area contributed by atoms with E-state index in [1.54, 1.807) is 31.2 Å². The number of carbonyl (C=O) groups is 2. The fourth-order valence-corrected chi connectivity index (χ4v) is 4.25. The first-order valence-electron chi connectivity index (χ1n) is 7.84. The molecule has 3 N–H and O–H groups in total. The lowest BCUT2D eigenvalue weighted by Gasteiger charge is -2.24. The zero-order chi connectivity index (χ0) is 18.9. The first-order valence-corrected chi connectivity index (χ1v) is 9.65. The standard InChI is InChI=1S/C16H25N2O6P/c1-4-24-25(21,11-12-5-7-13(17)8-6-12)18-14(16(20)23-3)9-10-15(19)22-2/h5-8,14H,4,9-11,17H2,1-3H3,(H,18,21)/t14-,25?/m0/s1. The third-order valence-electron chi connectivity index (χ3n) is 3.41. The van der Waals surface area contributed by atoms with E-state index in [1.807, 2.05) is 0 Å². The monoisotopic (exact) mass is 372 g/mol. The molecule has 0 heterocycles. The van der Waals surface area contributed by atoms with Crippen LogP contribution < -0.4 is 10.8 Å². The maximum absolute atomic E-state index is 13.1. The van der Waals surface area contributed by atoms with E-state index in [1.165, 1.54) is 14.2 Å². The molecule has 0 fully saturated rings. The lowest BCUT2D eigenvalue weighted by molar-refractivity contribution is -0.144. The summed E-state index contributed by atoms with van der Waals surface area (Å²) in [5.41, 5.74) is 6.98. The van der Waals surface area contributed by atoms with Gasteiger partial charge in [-0.15, -0.1) is 0 Å². The molecule has 1 rings (SSSR count). The van der Waals surface area contributed by atoms with Gasteiger partial charge in [-0.1, -0.05) is 12.1 Å². The average Bonchev–Trinajstić information content (AvgIpc) is 2.59. The van der Waals surface area contributed by atoms with Crippen molar-refractivity contribution in [3.8, 4) is 0 Å². The number of hydrogen-bond acceptors (Lipinski definition) is 7. The van der Waals surface area contributed by atoms with Crippen LogP contribution in [-0.4, -0.2) is 38.8 Å². The number of nitrogen functional groups attached to an aromatic ring is 1. The summed E-state index contributed by atoms with van der Waals surface area (Å²) < 4.78 is 27.8. The van der Waals surface area contributed by atoms with Crippen LogP contribution in [0.25, 0.3) is 0 Å². The number of esters is 2. The Morgan fingerprint density at radius 3 is 2.36 bits per heavy atom. The second kappa shape index (κ2) is 10.2. The van der Waals surface area contributed by atoms with Gasteiger partial charge in [0.2, 0.25) is 0 Å².